The fourth-order valence-corrected chi connectivity index (χ4v) is 14.3. The van der Waals surface area contributed by atoms with Gasteiger partial charge in [0, 0.05) is 25.7 Å². The predicted octanol–water partition coefficient (Wildman–Crippen LogP) is 24.8. The van der Waals surface area contributed by atoms with Crippen LogP contribution in [0.5, 0.6) is 0 Å². The maximum atomic E-state index is 13.1. The number of phosphoric acid groups is 2. The molecule has 5 atom stereocenters. The number of carbonyl (C=O) groups is 4. The maximum Gasteiger partial charge on any atom is 0.472 e. The van der Waals surface area contributed by atoms with Crippen molar-refractivity contribution >= 4 is 39.5 Å². The third kappa shape index (κ3) is 76.1. The first-order chi connectivity index (χ1) is 49.0. The molecule has 0 saturated carbocycles. The Balaban J connectivity index is 5.14. The molecule has 0 bridgehead atoms. The monoisotopic (exact) mass is 1480 g/mol. The van der Waals surface area contributed by atoms with Gasteiger partial charge in [0.15, 0.2) is 12.2 Å². The Kier molecular flexibility index (Phi) is 73.5. The lowest BCUT2D eigenvalue weighted by Crippen LogP contribution is -2.30. The van der Waals surface area contributed by atoms with Crippen LogP contribution in [0, 0.1) is 5.92 Å². The zero-order valence-electron chi connectivity index (χ0n) is 66.1. The summed E-state index contributed by atoms with van der Waals surface area (Å²) in [4.78, 5) is 72.8. The van der Waals surface area contributed by atoms with Gasteiger partial charge in [-0.15, -0.1) is 0 Å². The number of aliphatic hydroxyl groups is 1. The summed E-state index contributed by atoms with van der Waals surface area (Å²) >= 11 is 0. The van der Waals surface area contributed by atoms with Crippen molar-refractivity contribution < 1.29 is 80.2 Å². The molecule has 2 unspecified atom stereocenters. The first-order valence-electron chi connectivity index (χ1n) is 42.6. The number of carbonyl (C=O) groups excluding carboxylic acids is 4. The zero-order valence-corrected chi connectivity index (χ0v) is 67.8. The van der Waals surface area contributed by atoms with Crippen LogP contribution in [0.2, 0.25) is 0 Å². The molecule has 0 aromatic rings. The molecule has 0 fully saturated rings. The van der Waals surface area contributed by atoms with Crippen molar-refractivity contribution in [1.29, 1.82) is 0 Å². The van der Waals surface area contributed by atoms with Crippen molar-refractivity contribution in [2.24, 2.45) is 5.92 Å². The SMILES string of the molecule is CCCCCCCCCCCCCCCCCCCCCCCCC(=O)O[C@H](COC(=O)CCCCCCCCCCCCCCCCCCCCCC)COP(=O)(O)OC[C@@H](O)COP(=O)(O)OC[C@@H](COC(=O)CCCCCCCCC)OC(=O)CCCCCCCCCCCC(C)C. The molecule has 0 radical (unpaired) electrons. The van der Waals surface area contributed by atoms with E-state index >= 15 is 0 Å². The van der Waals surface area contributed by atoms with Crippen LogP contribution in [-0.4, -0.2) is 96.7 Å². The third-order valence-electron chi connectivity index (χ3n) is 19.3. The number of hydrogen-bond acceptors (Lipinski definition) is 15. The van der Waals surface area contributed by atoms with Crippen molar-refractivity contribution in [3.63, 3.8) is 0 Å². The Morgan fingerprint density at radius 1 is 0.267 bits per heavy atom. The minimum Gasteiger partial charge on any atom is -0.462 e. The van der Waals surface area contributed by atoms with Crippen LogP contribution in [0.1, 0.15) is 439 Å². The quantitative estimate of drug-likeness (QED) is 0.0222. The van der Waals surface area contributed by atoms with Crippen LogP contribution in [0.25, 0.3) is 0 Å². The highest BCUT2D eigenvalue weighted by Gasteiger charge is 2.30. The molecule has 0 spiro atoms. The summed E-state index contributed by atoms with van der Waals surface area (Å²) in [6.45, 7) is 7.25. The standard InChI is InChI=1S/C82H160O17P2/c1-6-9-12-15-18-20-22-24-26-28-30-32-33-35-37-39-41-43-47-52-57-62-67-81(86)99-78(72-93-80(85)66-61-56-51-46-42-40-38-36-34-31-29-27-25-23-21-19-16-13-10-7-2)74-97-101(90,91)95-70-76(83)69-94-100(88,89)96-73-77(71-92-79(84)65-60-55-49-17-14-11-8-3)98-82(87)68-63-58-53-48-44-45-50-54-59-64-75(4)5/h75-78,83H,6-74H2,1-5H3,(H,88,89)(H,90,91)/t76-,77+,78+/m0/s1. The van der Waals surface area contributed by atoms with Gasteiger partial charge in [0.05, 0.1) is 26.4 Å². The topological polar surface area (TPSA) is 237 Å². The highest BCUT2D eigenvalue weighted by molar-refractivity contribution is 7.47. The molecule has 0 heterocycles. The van der Waals surface area contributed by atoms with Crippen LogP contribution in [-0.2, 0) is 65.4 Å². The van der Waals surface area contributed by atoms with Gasteiger partial charge in [0.2, 0.25) is 0 Å². The summed E-state index contributed by atoms with van der Waals surface area (Å²) in [6, 6.07) is 0. The number of hydrogen-bond donors (Lipinski definition) is 3. The fourth-order valence-electron chi connectivity index (χ4n) is 12.8. The highest BCUT2D eigenvalue weighted by atomic mass is 31.2. The molecule has 0 aliphatic rings. The van der Waals surface area contributed by atoms with Crippen LogP contribution in [0.3, 0.4) is 0 Å². The molecule has 0 rings (SSSR count). The van der Waals surface area contributed by atoms with Crippen molar-refractivity contribution in [1.82, 2.24) is 0 Å². The minimum atomic E-state index is -4.96. The van der Waals surface area contributed by atoms with E-state index in [1.165, 1.54) is 250 Å². The number of ether oxygens (including phenoxy) is 4. The van der Waals surface area contributed by atoms with E-state index in [2.05, 4.69) is 34.6 Å². The van der Waals surface area contributed by atoms with Gasteiger partial charge in [-0.2, -0.15) is 0 Å². The molecule has 0 amide bonds. The van der Waals surface area contributed by atoms with E-state index in [0.29, 0.717) is 25.7 Å². The molecule has 0 saturated heterocycles. The predicted molar refractivity (Wildman–Crippen MR) is 414 cm³/mol. The number of rotatable bonds is 82. The van der Waals surface area contributed by atoms with E-state index in [9.17, 15) is 43.2 Å². The van der Waals surface area contributed by atoms with Gasteiger partial charge in [0.1, 0.15) is 19.3 Å². The second-order valence-corrected chi connectivity index (χ2v) is 32.9. The Bertz CT molecular complexity index is 1930. The molecule has 0 aliphatic heterocycles. The lowest BCUT2D eigenvalue weighted by molar-refractivity contribution is -0.161. The average Bonchev–Trinajstić information content (AvgIpc) is 0.924. The third-order valence-corrected chi connectivity index (χ3v) is 21.2. The lowest BCUT2D eigenvalue weighted by Gasteiger charge is -2.21. The number of aliphatic hydroxyl groups excluding tert-OH is 1. The van der Waals surface area contributed by atoms with Crippen molar-refractivity contribution in [3.05, 3.63) is 0 Å². The van der Waals surface area contributed by atoms with Crippen LogP contribution < -0.4 is 0 Å². The Hall–Kier alpha value is -1.94. The Morgan fingerprint density at radius 2 is 0.455 bits per heavy atom. The maximum absolute atomic E-state index is 13.1. The smallest absolute Gasteiger partial charge is 0.462 e. The van der Waals surface area contributed by atoms with Crippen molar-refractivity contribution in [2.75, 3.05) is 39.6 Å². The van der Waals surface area contributed by atoms with Crippen molar-refractivity contribution in [2.45, 2.75) is 457 Å². The van der Waals surface area contributed by atoms with Crippen LogP contribution in [0.4, 0.5) is 0 Å². The first-order valence-corrected chi connectivity index (χ1v) is 45.6. The van der Waals surface area contributed by atoms with Crippen LogP contribution in [0.15, 0.2) is 0 Å². The van der Waals surface area contributed by atoms with Gasteiger partial charge in [-0.3, -0.25) is 37.3 Å². The minimum absolute atomic E-state index is 0.105. The van der Waals surface area contributed by atoms with Gasteiger partial charge < -0.3 is 33.8 Å². The Labute approximate surface area is 619 Å². The summed E-state index contributed by atoms with van der Waals surface area (Å²) in [5.41, 5.74) is 0. The molecule has 0 aliphatic carbocycles. The van der Waals surface area contributed by atoms with Crippen LogP contribution >= 0.6 is 15.6 Å². The second kappa shape index (κ2) is 74.9. The lowest BCUT2D eigenvalue weighted by atomic mass is 10.0. The second-order valence-electron chi connectivity index (χ2n) is 30.0. The molecule has 19 heteroatoms. The molecule has 101 heavy (non-hydrogen) atoms. The number of esters is 4. The fraction of sp³-hybridized carbons (Fsp3) is 0.951. The highest BCUT2D eigenvalue weighted by Crippen LogP contribution is 2.45. The van der Waals surface area contributed by atoms with E-state index in [0.717, 1.165) is 109 Å². The summed E-state index contributed by atoms with van der Waals surface area (Å²) in [6.07, 6.45) is 67.1. The molecular formula is C82H160O17P2. The number of phosphoric ester groups is 2. The molecule has 600 valence electrons. The van der Waals surface area contributed by atoms with Gasteiger partial charge in [-0.05, 0) is 31.6 Å². The van der Waals surface area contributed by atoms with E-state index in [1.807, 2.05) is 0 Å². The van der Waals surface area contributed by atoms with Gasteiger partial charge >= 0.3 is 39.5 Å². The van der Waals surface area contributed by atoms with Gasteiger partial charge in [0.25, 0.3) is 0 Å². The van der Waals surface area contributed by atoms with E-state index in [1.54, 1.807) is 0 Å². The molecule has 17 nitrogen and oxygen atoms in total. The molecule has 0 aromatic heterocycles. The van der Waals surface area contributed by atoms with Gasteiger partial charge in [-0.25, -0.2) is 9.13 Å². The first kappa shape index (κ1) is 99.1. The molecular weight excluding hydrogens is 1320 g/mol. The molecule has 0 aromatic carbocycles. The zero-order chi connectivity index (χ0) is 74.1. The average molecular weight is 1480 g/mol. The molecule has 3 N–H and O–H groups in total. The van der Waals surface area contributed by atoms with E-state index in [4.69, 9.17) is 37.0 Å². The summed E-state index contributed by atoms with van der Waals surface area (Å²) < 4.78 is 68.6. The largest absolute Gasteiger partial charge is 0.472 e. The summed E-state index contributed by atoms with van der Waals surface area (Å²) in [5.74, 6) is -1.38. The summed E-state index contributed by atoms with van der Waals surface area (Å²) in [5, 5.41) is 10.6. The van der Waals surface area contributed by atoms with Crippen molar-refractivity contribution in [3.8, 4) is 0 Å². The van der Waals surface area contributed by atoms with Gasteiger partial charge in [-0.1, -0.05) is 388 Å². The van der Waals surface area contributed by atoms with E-state index < -0.39 is 97.5 Å². The summed E-state index contributed by atoms with van der Waals surface area (Å²) in [7, 11) is -9.91. The normalized spacial score (nSPS) is 13.8. The number of unbranched alkanes of at least 4 members (excludes halogenated alkanes) is 54. The Morgan fingerprint density at radius 3 is 0.673 bits per heavy atom. The van der Waals surface area contributed by atoms with E-state index in [-0.39, 0.29) is 25.7 Å².